The van der Waals surface area contributed by atoms with Crippen LogP contribution in [0.15, 0.2) is 38.5 Å². The number of para-hydroxylation sites is 2. The van der Waals surface area contributed by atoms with Gasteiger partial charge < -0.3 is 9.32 Å². The number of rotatable bonds is 4. The van der Waals surface area contributed by atoms with Crippen LogP contribution in [0, 0.1) is 0 Å². The summed E-state index contributed by atoms with van der Waals surface area (Å²) in [5.41, 5.74) is 3.37. The number of benzene rings is 1. The lowest BCUT2D eigenvalue weighted by Gasteiger charge is -2.32. The molecule has 1 aromatic carbocycles. The van der Waals surface area contributed by atoms with E-state index in [1.54, 1.807) is 5.51 Å². The fraction of sp³-hybridized carbons (Fsp3) is 0.412. The summed E-state index contributed by atoms with van der Waals surface area (Å²) >= 11 is 2.93. The second-order valence-corrected chi connectivity index (χ2v) is 8.53. The molecule has 4 rings (SSSR count). The van der Waals surface area contributed by atoms with Crippen LogP contribution >= 0.6 is 23.1 Å². The number of hydrogen-bond donors (Lipinski definition) is 0. The lowest BCUT2D eigenvalue weighted by molar-refractivity contribution is -0.131. The molecular weight excluding hydrogens is 356 g/mol. The standard InChI is InChI=1S/C17H18N4O2S2/c1-11(25-17-20-18-10-24-17)16(22)21-8-4-5-12(9-21)15-19-13-6-2-3-7-14(13)23-15/h2-3,6-7,10-12H,4-5,8-9H2,1H3/t11-,12-/m1/s1. The maximum Gasteiger partial charge on any atom is 0.235 e. The molecule has 1 aliphatic rings. The molecule has 1 fully saturated rings. The van der Waals surface area contributed by atoms with E-state index in [-0.39, 0.29) is 17.1 Å². The summed E-state index contributed by atoms with van der Waals surface area (Å²) in [6.07, 6.45) is 1.96. The SMILES string of the molecule is C[C@@H](Sc1nncs1)C(=O)N1CCC[C@@H](c2nc3ccccc3o2)C1. The van der Waals surface area contributed by atoms with Gasteiger partial charge in [0, 0.05) is 13.1 Å². The largest absolute Gasteiger partial charge is 0.440 e. The van der Waals surface area contributed by atoms with Gasteiger partial charge in [-0.15, -0.1) is 10.2 Å². The summed E-state index contributed by atoms with van der Waals surface area (Å²) in [5, 5.41) is 7.66. The van der Waals surface area contributed by atoms with Gasteiger partial charge in [-0.05, 0) is 31.9 Å². The number of carbonyl (C=O) groups excluding carboxylic acids is 1. The minimum atomic E-state index is -0.171. The van der Waals surface area contributed by atoms with Crippen molar-refractivity contribution in [1.82, 2.24) is 20.1 Å². The van der Waals surface area contributed by atoms with Crippen LogP contribution in [0.5, 0.6) is 0 Å². The van der Waals surface area contributed by atoms with Crippen LogP contribution in [-0.4, -0.2) is 44.3 Å². The number of carbonyl (C=O) groups is 1. The van der Waals surface area contributed by atoms with Gasteiger partial charge in [0.1, 0.15) is 11.0 Å². The predicted molar refractivity (Wildman–Crippen MR) is 97.8 cm³/mol. The van der Waals surface area contributed by atoms with Gasteiger partial charge in [-0.3, -0.25) is 4.79 Å². The molecule has 1 saturated heterocycles. The fourth-order valence-corrected chi connectivity index (χ4v) is 4.83. The Labute approximate surface area is 153 Å². The Morgan fingerprint density at radius 3 is 3.12 bits per heavy atom. The van der Waals surface area contributed by atoms with Gasteiger partial charge in [-0.2, -0.15) is 0 Å². The molecule has 0 unspecified atom stereocenters. The molecule has 0 saturated carbocycles. The van der Waals surface area contributed by atoms with Crippen molar-refractivity contribution in [3.05, 3.63) is 35.7 Å². The van der Waals surface area contributed by atoms with Crippen molar-refractivity contribution < 1.29 is 9.21 Å². The Balaban J connectivity index is 1.45. The zero-order valence-corrected chi connectivity index (χ0v) is 15.4. The van der Waals surface area contributed by atoms with Crippen molar-refractivity contribution in [2.24, 2.45) is 0 Å². The van der Waals surface area contributed by atoms with Crippen molar-refractivity contribution in [3.8, 4) is 0 Å². The van der Waals surface area contributed by atoms with Crippen molar-refractivity contribution in [2.75, 3.05) is 13.1 Å². The average molecular weight is 374 g/mol. The van der Waals surface area contributed by atoms with Crippen LogP contribution in [0.1, 0.15) is 31.6 Å². The van der Waals surface area contributed by atoms with E-state index in [9.17, 15) is 4.79 Å². The Morgan fingerprint density at radius 2 is 2.32 bits per heavy atom. The van der Waals surface area contributed by atoms with Crippen molar-refractivity contribution >= 4 is 40.1 Å². The molecule has 0 aliphatic carbocycles. The van der Waals surface area contributed by atoms with Crippen LogP contribution < -0.4 is 0 Å². The lowest BCUT2D eigenvalue weighted by atomic mass is 9.98. The van der Waals surface area contributed by atoms with E-state index in [1.807, 2.05) is 36.1 Å². The van der Waals surface area contributed by atoms with Gasteiger partial charge in [-0.1, -0.05) is 35.2 Å². The van der Waals surface area contributed by atoms with Crippen LogP contribution in [0.25, 0.3) is 11.1 Å². The molecule has 1 aliphatic heterocycles. The molecule has 6 nitrogen and oxygen atoms in total. The minimum absolute atomic E-state index is 0.140. The summed E-state index contributed by atoms with van der Waals surface area (Å²) in [5.74, 6) is 1.04. The average Bonchev–Trinajstić information content (AvgIpc) is 3.30. The Hall–Kier alpha value is -1.93. The first kappa shape index (κ1) is 16.5. The number of thioether (sulfide) groups is 1. The third kappa shape index (κ3) is 3.55. The number of aromatic nitrogens is 3. The highest BCUT2D eigenvalue weighted by atomic mass is 32.2. The van der Waals surface area contributed by atoms with E-state index in [0.29, 0.717) is 6.54 Å². The third-order valence-corrected chi connectivity index (χ3v) is 6.26. The molecule has 0 N–H and O–H groups in total. The molecule has 130 valence electrons. The van der Waals surface area contributed by atoms with Crippen LogP contribution in [-0.2, 0) is 4.79 Å². The van der Waals surface area contributed by atoms with Crippen molar-refractivity contribution in [3.63, 3.8) is 0 Å². The summed E-state index contributed by atoms with van der Waals surface area (Å²) in [7, 11) is 0. The van der Waals surface area contributed by atoms with E-state index in [2.05, 4.69) is 15.2 Å². The topological polar surface area (TPSA) is 72.1 Å². The number of piperidine rings is 1. The molecule has 8 heteroatoms. The summed E-state index contributed by atoms with van der Waals surface area (Å²) in [6, 6.07) is 7.78. The maximum atomic E-state index is 12.8. The first-order valence-corrected chi connectivity index (χ1v) is 10.0. The van der Waals surface area contributed by atoms with Crippen molar-refractivity contribution in [2.45, 2.75) is 35.3 Å². The van der Waals surface area contributed by atoms with Gasteiger partial charge in [0.25, 0.3) is 0 Å². The van der Waals surface area contributed by atoms with Gasteiger partial charge in [-0.25, -0.2) is 4.98 Å². The summed E-state index contributed by atoms with van der Waals surface area (Å²) < 4.78 is 6.74. The summed E-state index contributed by atoms with van der Waals surface area (Å²) in [4.78, 5) is 19.3. The Morgan fingerprint density at radius 1 is 1.44 bits per heavy atom. The number of likely N-dealkylation sites (tertiary alicyclic amines) is 1. The molecule has 3 heterocycles. The fourth-order valence-electron chi connectivity index (χ4n) is 3.12. The third-order valence-electron chi connectivity index (χ3n) is 4.36. The van der Waals surface area contributed by atoms with Gasteiger partial charge in [0.05, 0.1) is 11.2 Å². The molecule has 0 radical (unpaired) electrons. The first-order chi connectivity index (χ1) is 12.2. The van der Waals surface area contributed by atoms with E-state index < -0.39 is 0 Å². The number of nitrogens with zero attached hydrogens (tertiary/aromatic N) is 4. The van der Waals surface area contributed by atoms with E-state index in [1.165, 1.54) is 23.1 Å². The first-order valence-electron chi connectivity index (χ1n) is 8.28. The minimum Gasteiger partial charge on any atom is -0.440 e. The smallest absolute Gasteiger partial charge is 0.235 e. The highest BCUT2D eigenvalue weighted by Gasteiger charge is 2.30. The van der Waals surface area contributed by atoms with E-state index >= 15 is 0 Å². The number of hydrogen-bond acceptors (Lipinski definition) is 7. The van der Waals surface area contributed by atoms with E-state index in [0.717, 1.165) is 40.7 Å². The molecule has 2 aromatic heterocycles. The lowest BCUT2D eigenvalue weighted by Crippen LogP contribution is -2.42. The number of fused-ring (bicyclic) bond motifs is 1. The highest BCUT2D eigenvalue weighted by Crippen LogP contribution is 2.31. The molecule has 25 heavy (non-hydrogen) atoms. The van der Waals surface area contributed by atoms with Crippen LogP contribution in [0.4, 0.5) is 0 Å². The molecule has 3 aromatic rings. The molecular formula is C17H18N4O2S2. The molecule has 0 spiro atoms. The monoisotopic (exact) mass is 374 g/mol. The molecule has 1 amide bonds. The normalized spacial score (nSPS) is 19.2. The number of amides is 1. The second-order valence-electron chi connectivity index (χ2n) is 6.11. The van der Waals surface area contributed by atoms with Crippen LogP contribution in [0.3, 0.4) is 0 Å². The maximum absolute atomic E-state index is 12.8. The second kappa shape index (κ2) is 7.13. The molecule has 2 atom stereocenters. The van der Waals surface area contributed by atoms with E-state index in [4.69, 9.17) is 4.42 Å². The van der Waals surface area contributed by atoms with Gasteiger partial charge in [0.2, 0.25) is 5.91 Å². The zero-order chi connectivity index (χ0) is 17.2. The summed E-state index contributed by atoms with van der Waals surface area (Å²) in [6.45, 7) is 3.38. The van der Waals surface area contributed by atoms with Gasteiger partial charge in [0.15, 0.2) is 15.8 Å². The Bertz CT molecular complexity index is 832. The predicted octanol–water partition coefficient (Wildman–Crippen LogP) is 3.57. The van der Waals surface area contributed by atoms with Crippen molar-refractivity contribution in [1.29, 1.82) is 0 Å². The molecule has 0 bridgehead atoms. The van der Waals surface area contributed by atoms with Crippen LogP contribution in [0.2, 0.25) is 0 Å². The Kier molecular flexibility index (Phi) is 4.72. The zero-order valence-electron chi connectivity index (χ0n) is 13.8. The van der Waals surface area contributed by atoms with Gasteiger partial charge >= 0.3 is 0 Å². The highest BCUT2D eigenvalue weighted by molar-refractivity contribution is 8.02. The quantitative estimate of drug-likeness (QED) is 0.650. The number of oxazole rings is 1.